The first-order valence-corrected chi connectivity index (χ1v) is 9.22. The molecular formula is C20H18N2O2S. The first-order valence-electron chi connectivity index (χ1n) is 8.28. The van der Waals surface area contributed by atoms with Gasteiger partial charge in [-0.2, -0.15) is 0 Å². The molecule has 1 aliphatic rings. The van der Waals surface area contributed by atoms with Crippen LogP contribution in [-0.4, -0.2) is 10.9 Å². The van der Waals surface area contributed by atoms with E-state index in [0.29, 0.717) is 17.9 Å². The Hall–Kier alpha value is -2.66. The molecule has 1 heterocycles. The van der Waals surface area contributed by atoms with Crippen molar-refractivity contribution in [2.24, 2.45) is 0 Å². The molecule has 1 amide bonds. The van der Waals surface area contributed by atoms with Crippen molar-refractivity contribution in [2.45, 2.75) is 25.5 Å². The van der Waals surface area contributed by atoms with Crippen LogP contribution in [0, 0.1) is 0 Å². The summed E-state index contributed by atoms with van der Waals surface area (Å²) in [6.45, 7) is 0.407. The summed E-state index contributed by atoms with van der Waals surface area (Å²) in [5, 5.41) is 5.10. The van der Waals surface area contributed by atoms with Gasteiger partial charge in [-0.05, 0) is 42.2 Å². The summed E-state index contributed by atoms with van der Waals surface area (Å²) in [7, 11) is 0. The van der Waals surface area contributed by atoms with Gasteiger partial charge >= 0.3 is 0 Å². The van der Waals surface area contributed by atoms with Crippen LogP contribution in [-0.2, 0) is 13.0 Å². The van der Waals surface area contributed by atoms with E-state index in [1.54, 1.807) is 11.6 Å². The number of carbonyl (C=O) groups excluding carboxylic acids is 1. The summed E-state index contributed by atoms with van der Waals surface area (Å²) in [4.78, 5) is 16.8. The molecule has 1 aliphatic carbocycles. The van der Waals surface area contributed by atoms with Crippen LogP contribution >= 0.6 is 11.3 Å². The number of carbonyl (C=O) groups is 1. The number of ether oxygens (including phenoxy) is 1. The van der Waals surface area contributed by atoms with E-state index in [2.05, 4.69) is 22.4 Å². The average molecular weight is 350 g/mol. The Morgan fingerprint density at radius 3 is 3.04 bits per heavy atom. The standard InChI is InChI=1S/C20H18N2O2S/c23-20(22-19-9-8-14-4-1-2-7-18(14)19)15-5-3-6-17(10-15)24-11-16-12-25-13-21-16/h1-7,10,12-13,19H,8-9,11H2,(H,22,23). The van der Waals surface area contributed by atoms with Crippen molar-refractivity contribution in [1.82, 2.24) is 10.3 Å². The van der Waals surface area contributed by atoms with Gasteiger partial charge in [0, 0.05) is 10.9 Å². The van der Waals surface area contributed by atoms with Crippen molar-refractivity contribution in [1.29, 1.82) is 0 Å². The zero-order valence-electron chi connectivity index (χ0n) is 13.6. The monoisotopic (exact) mass is 350 g/mol. The van der Waals surface area contributed by atoms with Crippen molar-refractivity contribution in [3.8, 4) is 5.75 Å². The number of hydrogen-bond donors (Lipinski definition) is 1. The topological polar surface area (TPSA) is 51.2 Å². The van der Waals surface area contributed by atoms with E-state index < -0.39 is 0 Å². The second kappa shape index (κ2) is 7.07. The Morgan fingerprint density at radius 2 is 2.16 bits per heavy atom. The summed E-state index contributed by atoms with van der Waals surface area (Å²) in [6.07, 6.45) is 1.96. The molecule has 0 fully saturated rings. The highest BCUT2D eigenvalue weighted by Crippen LogP contribution is 2.31. The molecule has 1 aromatic heterocycles. The van der Waals surface area contributed by atoms with E-state index in [0.717, 1.165) is 18.5 Å². The van der Waals surface area contributed by atoms with Gasteiger partial charge in [0.1, 0.15) is 12.4 Å². The number of fused-ring (bicyclic) bond motifs is 1. The van der Waals surface area contributed by atoms with Crippen molar-refractivity contribution in [3.63, 3.8) is 0 Å². The first-order chi connectivity index (χ1) is 12.3. The van der Waals surface area contributed by atoms with Crippen LogP contribution in [0.5, 0.6) is 5.75 Å². The first kappa shape index (κ1) is 15.8. The SMILES string of the molecule is O=C(NC1CCc2ccccc21)c1cccc(OCc2cscn2)c1. The lowest BCUT2D eigenvalue weighted by atomic mass is 10.1. The number of thiazole rings is 1. The number of hydrogen-bond acceptors (Lipinski definition) is 4. The van der Waals surface area contributed by atoms with Crippen molar-refractivity contribution in [3.05, 3.63) is 81.8 Å². The molecule has 4 rings (SSSR count). The predicted octanol–water partition coefficient (Wildman–Crippen LogP) is 4.14. The molecule has 0 radical (unpaired) electrons. The highest BCUT2D eigenvalue weighted by molar-refractivity contribution is 7.07. The minimum absolute atomic E-state index is 0.0687. The maximum absolute atomic E-state index is 12.6. The van der Waals surface area contributed by atoms with Crippen LogP contribution in [0.1, 0.15) is 39.6 Å². The van der Waals surface area contributed by atoms with Gasteiger partial charge in [-0.15, -0.1) is 11.3 Å². The Labute approximate surface area is 150 Å². The molecule has 5 heteroatoms. The number of amides is 1. The fourth-order valence-electron chi connectivity index (χ4n) is 3.14. The molecule has 3 aromatic rings. The molecule has 0 bridgehead atoms. The van der Waals surface area contributed by atoms with Gasteiger partial charge in [-0.3, -0.25) is 4.79 Å². The highest BCUT2D eigenvalue weighted by atomic mass is 32.1. The van der Waals surface area contributed by atoms with Crippen LogP contribution in [0.15, 0.2) is 59.4 Å². The molecule has 126 valence electrons. The van der Waals surface area contributed by atoms with Crippen molar-refractivity contribution >= 4 is 17.2 Å². The Bertz CT molecular complexity index is 877. The Kier molecular flexibility index (Phi) is 4.48. The van der Waals surface area contributed by atoms with Gasteiger partial charge in [-0.25, -0.2) is 4.98 Å². The van der Waals surface area contributed by atoms with E-state index in [-0.39, 0.29) is 11.9 Å². The zero-order valence-corrected chi connectivity index (χ0v) is 14.5. The van der Waals surface area contributed by atoms with Crippen LogP contribution in [0.4, 0.5) is 0 Å². The van der Waals surface area contributed by atoms with E-state index in [1.807, 2.05) is 35.7 Å². The summed E-state index contributed by atoms with van der Waals surface area (Å²) in [6, 6.07) is 15.7. The van der Waals surface area contributed by atoms with Crippen LogP contribution in [0.25, 0.3) is 0 Å². The molecule has 0 spiro atoms. The second-order valence-electron chi connectivity index (χ2n) is 6.06. The molecule has 4 nitrogen and oxygen atoms in total. The molecule has 0 aliphatic heterocycles. The molecule has 0 saturated carbocycles. The molecule has 1 N–H and O–H groups in total. The normalized spacial score (nSPS) is 15.6. The molecule has 0 saturated heterocycles. The fraction of sp³-hybridized carbons (Fsp3) is 0.200. The van der Waals surface area contributed by atoms with Gasteiger partial charge in [0.2, 0.25) is 0 Å². The van der Waals surface area contributed by atoms with Gasteiger partial charge in [0.15, 0.2) is 0 Å². The second-order valence-corrected chi connectivity index (χ2v) is 6.78. The smallest absolute Gasteiger partial charge is 0.251 e. The number of benzene rings is 2. The van der Waals surface area contributed by atoms with Crippen molar-refractivity contribution in [2.75, 3.05) is 0 Å². The molecule has 2 aromatic carbocycles. The van der Waals surface area contributed by atoms with Gasteiger partial charge < -0.3 is 10.1 Å². The van der Waals surface area contributed by atoms with Crippen LogP contribution in [0.3, 0.4) is 0 Å². The third-order valence-electron chi connectivity index (χ3n) is 4.40. The average Bonchev–Trinajstić information content (AvgIpc) is 3.31. The molecular weight excluding hydrogens is 332 g/mol. The molecule has 25 heavy (non-hydrogen) atoms. The van der Waals surface area contributed by atoms with Gasteiger partial charge in [0.05, 0.1) is 17.2 Å². The predicted molar refractivity (Wildman–Crippen MR) is 97.9 cm³/mol. The molecule has 1 unspecified atom stereocenters. The van der Waals surface area contributed by atoms with Gasteiger partial charge in [0.25, 0.3) is 5.91 Å². The van der Waals surface area contributed by atoms with Crippen LogP contribution < -0.4 is 10.1 Å². The van der Waals surface area contributed by atoms with Crippen LogP contribution in [0.2, 0.25) is 0 Å². The van der Waals surface area contributed by atoms with Crippen molar-refractivity contribution < 1.29 is 9.53 Å². The van der Waals surface area contributed by atoms with E-state index in [9.17, 15) is 4.79 Å². The lowest BCUT2D eigenvalue weighted by Gasteiger charge is -2.14. The summed E-state index contributed by atoms with van der Waals surface area (Å²) in [5.41, 5.74) is 5.84. The summed E-state index contributed by atoms with van der Waals surface area (Å²) < 4.78 is 5.73. The fourth-order valence-corrected chi connectivity index (χ4v) is 3.68. The lowest BCUT2D eigenvalue weighted by molar-refractivity contribution is 0.0936. The van der Waals surface area contributed by atoms with E-state index in [4.69, 9.17) is 4.74 Å². The Balaban J connectivity index is 1.43. The summed E-state index contributed by atoms with van der Waals surface area (Å²) >= 11 is 1.54. The quantitative estimate of drug-likeness (QED) is 0.752. The number of rotatable bonds is 5. The number of aromatic nitrogens is 1. The van der Waals surface area contributed by atoms with Gasteiger partial charge in [-0.1, -0.05) is 30.3 Å². The number of nitrogens with one attached hydrogen (secondary N) is 1. The minimum atomic E-state index is -0.0687. The van der Waals surface area contributed by atoms with E-state index in [1.165, 1.54) is 22.5 Å². The third-order valence-corrected chi connectivity index (χ3v) is 5.04. The number of aryl methyl sites for hydroxylation is 1. The maximum atomic E-state index is 12.6. The summed E-state index contributed by atoms with van der Waals surface area (Å²) in [5.74, 6) is 0.605. The largest absolute Gasteiger partial charge is 0.487 e. The van der Waals surface area contributed by atoms with E-state index >= 15 is 0 Å². The maximum Gasteiger partial charge on any atom is 0.251 e. The Morgan fingerprint density at radius 1 is 1.24 bits per heavy atom. The molecule has 1 atom stereocenters. The highest BCUT2D eigenvalue weighted by Gasteiger charge is 2.23. The lowest BCUT2D eigenvalue weighted by Crippen LogP contribution is -2.27. The minimum Gasteiger partial charge on any atom is -0.487 e. The third kappa shape index (κ3) is 3.56. The number of nitrogens with zero attached hydrogens (tertiary/aromatic N) is 1. The zero-order chi connectivity index (χ0) is 17.1.